The first-order valence-corrected chi connectivity index (χ1v) is 6.62. The Balaban J connectivity index is 2.16. The predicted octanol–water partition coefficient (Wildman–Crippen LogP) is 3.78. The zero-order valence-corrected chi connectivity index (χ0v) is 11.6. The Morgan fingerprint density at radius 2 is 1.95 bits per heavy atom. The lowest BCUT2D eigenvalue weighted by atomic mass is 10.0. The van der Waals surface area contributed by atoms with Crippen molar-refractivity contribution in [3.8, 4) is 0 Å². The first kappa shape index (κ1) is 13.3. The normalized spacial score (nSPS) is 10.5. The summed E-state index contributed by atoms with van der Waals surface area (Å²) in [6.45, 7) is 7.24. The van der Waals surface area contributed by atoms with Crippen LogP contribution in [0.15, 0.2) is 36.7 Å². The van der Waals surface area contributed by atoms with E-state index in [9.17, 15) is 0 Å². The van der Waals surface area contributed by atoms with Gasteiger partial charge in [-0.2, -0.15) is 0 Å². The molecule has 2 rings (SSSR count). The summed E-state index contributed by atoms with van der Waals surface area (Å²) in [5.41, 5.74) is 2.34. The summed E-state index contributed by atoms with van der Waals surface area (Å²) in [6, 6.07) is 8.37. The van der Waals surface area contributed by atoms with Crippen LogP contribution in [0.2, 0.25) is 0 Å². The molecule has 0 amide bonds. The van der Waals surface area contributed by atoms with Gasteiger partial charge < -0.3 is 10.6 Å². The van der Waals surface area contributed by atoms with Crippen LogP contribution in [0.25, 0.3) is 0 Å². The van der Waals surface area contributed by atoms with Gasteiger partial charge in [-0.05, 0) is 30.5 Å². The molecule has 1 heterocycles. The highest BCUT2D eigenvalue weighted by Crippen LogP contribution is 2.21. The summed E-state index contributed by atoms with van der Waals surface area (Å²) < 4.78 is 0. The van der Waals surface area contributed by atoms with Gasteiger partial charge in [0.1, 0.15) is 5.82 Å². The maximum Gasteiger partial charge on any atom is 0.151 e. The highest BCUT2D eigenvalue weighted by atomic mass is 15.1. The van der Waals surface area contributed by atoms with Crippen molar-refractivity contribution in [2.24, 2.45) is 0 Å². The minimum absolute atomic E-state index is 0.515. The Morgan fingerprint density at radius 3 is 2.68 bits per heavy atom. The molecule has 1 aromatic carbocycles. The first-order chi connectivity index (χ1) is 9.19. The third-order valence-electron chi connectivity index (χ3n) is 2.82. The van der Waals surface area contributed by atoms with E-state index in [1.165, 1.54) is 5.56 Å². The molecule has 0 saturated heterocycles. The molecule has 2 N–H and O–H groups in total. The fourth-order valence-electron chi connectivity index (χ4n) is 1.82. The molecule has 0 aliphatic carbocycles. The van der Waals surface area contributed by atoms with Crippen molar-refractivity contribution >= 4 is 17.3 Å². The number of hydrogen-bond donors (Lipinski definition) is 2. The third-order valence-corrected chi connectivity index (χ3v) is 2.82. The lowest BCUT2D eigenvalue weighted by Gasteiger charge is -2.10. The minimum atomic E-state index is 0.515. The lowest BCUT2D eigenvalue weighted by Crippen LogP contribution is -2.02. The lowest BCUT2D eigenvalue weighted by molar-refractivity contribution is 0.867. The molecule has 0 atom stereocenters. The zero-order chi connectivity index (χ0) is 13.7. The Bertz CT molecular complexity index is 537. The van der Waals surface area contributed by atoms with Crippen LogP contribution in [0, 0.1) is 0 Å². The van der Waals surface area contributed by atoms with E-state index in [0.717, 1.165) is 23.9 Å². The second-order valence-corrected chi connectivity index (χ2v) is 4.73. The standard InChI is InChI=1S/C15H20N4/c1-4-17-14-9-16-10-15(19-14)18-13-7-5-6-12(8-13)11(2)3/h5-11H,4H2,1-3H3,(H2,17,18,19). The molecule has 0 bridgehead atoms. The van der Waals surface area contributed by atoms with Gasteiger partial charge in [-0.15, -0.1) is 0 Å². The Labute approximate surface area is 114 Å². The SMILES string of the molecule is CCNc1cncc(Nc2cccc(C(C)C)c2)n1. The monoisotopic (exact) mass is 256 g/mol. The van der Waals surface area contributed by atoms with Crippen molar-refractivity contribution in [1.29, 1.82) is 0 Å². The Hall–Kier alpha value is -2.10. The minimum Gasteiger partial charge on any atom is -0.369 e. The van der Waals surface area contributed by atoms with Crippen molar-refractivity contribution in [3.63, 3.8) is 0 Å². The van der Waals surface area contributed by atoms with Crippen LogP contribution in [-0.2, 0) is 0 Å². The fraction of sp³-hybridized carbons (Fsp3) is 0.333. The average Bonchev–Trinajstić information content (AvgIpc) is 2.40. The van der Waals surface area contributed by atoms with Crippen LogP contribution in [0.5, 0.6) is 0 Å². The molecule has 1 aromatic heterocycles. The second-order valence-electron chi connectivity index (χ2n) is 4.73. The molecule has 0 unspecified atom stereocenters. The van der Waals surface area contributed by atoms with Gasteiger partial charge in [0.2, 0.25) is 0 Å². The van der Waals surface area contributed by atoms with E-state index in [-0.39, 0.29) is 0 Å². The number of rotatable bonds is 5. The van der Waals surface area contributed by atoms with Crippen molar-refractivity contribution in [3.05, 3.63) is 42.2 Å². The number of nitrogens with zero attached hydrogens (tertiary/aromatic N) is 2. The second kappa shape index (κ2) is 6.18. The van der Waals surface area contributed by atoms with Crippen LogP contribution < -0.4 is 10.6 Å². The zero-order valence-electron chi connectivity index (χ0n) is 11.6. The molecule has 0 aliphatic rings. The molecule has 0 saturated carbocycles. The highest BCUT2D eigenvalue weighted by Gasteiger charge is 2.02. The molecule has 4 heteroatoms. The fourth-order valence-corrected chi connectivity index (χ4v) is 1.82. The van der Waals surface area contributed by atoms with E-state index >= 15 is 0 Å². The van der Waals surface area contributed by atoms with Crippen LogP contribution in [0.3, 0.4) is 0 Å². The van der Waals surface area contributed by atoms with Gasteiger partial charge in [-0.1, -0.05) is 26.0 Å². The van der Waals surface area contributed by atoms with E-state index in [1.807, 2.05) is 13.0 Å². The Morgan fingerprint density at radius 1 is 1.16 bits per heavy atom. The van der Waals surface area contributed by atoms with E-state index < -0.39 is 0 Å². The molecular formula is C15H20N4. The van der Waals surface area contributed by atoms with Crippen LogP contribution in [-0.4, -0.2) is 16.5 Å². The van der Waals surface area contributed by atoms with Gasteiger partial charge in [0.25, 0.3) is 0 Å². The molecular weight excluding hydrogens is 236 g/mol. The van der Waals surface area contributed by atoms with Gasteiger partial charge in [-0.3, -0.25) is 4.98 Å². The quantitative estimate of drug-likeness (QED) is 0.855. The Kier molecular flexibility index (Phi) is 4.34. The van der Waals surface area contributed by atoms with E-state index in [0.29, 0.717) is 5.92 Å². The molecule has 2 aromatic rings. The van der Waals surface area contributed by atoms with Gasteiger partial charge >= 0.3 is 0 Å². The molecule has 100 valence electrons. The van der Waals surface area contributed by atoms with Gasteiger partial charge in [0, 0.05) is 12.2 Å². The molecule has 0 spiro atoms. The largest absolute Gasteiger partial charge is 0.369 e. The van der Waals surface area contributed by atoms with Crippen LogP contribution >= 0.6 is 0 Å². The van der Waals surface area contributed by atoms with Crippen molar-refractivity contribution in [2.75, 3.05) is 17.2 Å². The molecule has 4 nitrogen and oxygen atoms in total. The van der Waals surface area contributed by atoms with E-state index in [4.69, 9.17) is 0 Å². The number of benzene rings is 1. The van der Waals surface area contributed by atoms with Crippen molar-refractivity contribution in [1.82, 2.24) is 9.97 Å². The number of anilines is 3. The number of aromatic nitrogens is 2. The van der Waals surface area contributed by atoms with E-state index in [2.05, 4.69) is 52.6 Å². The first-order valence-electron chi connectivity index (χ1n) is 6.62. The summed E-state index contributed by atoms with van der Waals surface area (Å²) >= 11 is 0. The van der Waals surface area contributed by atoms with Crippen LogP contribution in [0.1, 0.15) is 32.3 Å². The number of hydrogen-bond acceptors (Lipinski definition) is 4. The summed E-state index contributed by atoms with van der Waals surface area (Å²) in [5.74, 6) is 2.05. The molecule has 19 heavy (non-hydrogen) atoms. The highest BCUT2D eigenvalue weighted by molar-refractivity contribution is 5.57. The van der Waals surface area contributed by atoms with Gasteiger partial charge in [0.05, 0.1) is 12.4 Å². The molecule has 0 radical (unpaired) electrons. The smallest absolute Gasteiger partial charge is 0.151 e. The summed E-state index contributed by atoms with van der Waals surface area (Å²) in [6.07, 6.45) is 3.45. The van der Waals surface area contributed by atoms with Gasteiger partial charge in [0.15, 0.2) is 5.82 Å². The number of nitrogens with one attached hydrogen (secondary N) is 2. The predicted molar refractivity (Wildman–Crippen MR) is 80.0 cm³/mol. The summed E-state index contributed by atoms with van der Waals surface area (Å²) in [4.78, 5) is 8.62. The average molecular weight is 256 g/mol. The third kappa shape index (κ3) is 3.68. The van der Waals surface area contributed by atoms with Gasteiger partial charge in [-0.25, -0.2) is 4.98 Å². The molecule has 0 aliphatic heterocycles. The maximum absolute atomic E-state index is 4.45. The van der Waals surface area contributed by atoms with Crippen molar-refractivity contribution < 1.29 is 0 Å². The topological polar surface area (TPSA) is 49.8 Å². The summed E-state index contributed by atoms with van der Waals surface area (Å²) in [5, 5.41) is 6.43. The van der Waals surface area contributed by atoms with E-state index in [1.54, 1.807) is 12.4 Å². The van der Waals surface area contributed by atoms with Crippen molar-refractivity contribution in [2.45, 2.75) is 26.7 Å². The molecule has 0 fully saturated rings. The summed E-state index contributed by atoms with van der Waals surface area (Å²) in [7, 11) is 0. The maximum atomic E-state index is 4.45. The van der Waals surface area contributed by atoms with Crippen LogP contribution in [0.4, 0.5) is 17.3 Å².